The molecule has 0 unspecified atom stereocenters. The van der Waals surface area contributed by atoms with Gasteiger partial charge in [0.1, 0.15) is 11.6 Å². The minimum atomic E-state index is -0.820. The maximum Gasteiger partial charge on any atom is 0.407 e. The number of carbonyl (C=O) groups is 3. The van der Waals surface area contributed by atoms with Gasteiger partial charge >= 0.3 is 6.09 Å². The molecule has 0 saturated heterocycles. The van der Waals surface area contributed by atoms with Crippen LogP contribution in [0.1, 0.15) is 52.0 Å². The van der Waals surface area contributed by atoms with Gasteiger partial charge in [-0.25, -0.2) is 9.78 Å². The molecular weight excluding hydrogens is 612 g/mol. The Morgan fingerprint density at radius 1 is 0.958 bits per heavy atom. The third-order valence-electron chi connectivity index (χ3n) is 8.21. The van der Waals surface area contributed by atoms with Crippen molar-refractivity contribution in [1.82, 2.24) is 36.2 Å². The van der Waals surface area contributed by atoms with E-state index in [2.05, 4.69) is 41.6 Å². The number of carbonyl (C=O) groups excluding carboxylic acids is 3. The Morgan fingerprint density at radius 3 is 2.31 bits per heavy atom. The second-order valence-corrected chi connectivity index (χ2v) is 12.9. The van der Waals surface area contributed by atoms with Crippen LogP contribution in [0, 0.1) is 11.8 Å². The van der Waals surface area contributed by atoms with Crippen molar-refractivity contribution in [2.75, 3.05) is 19.0 Å². The molecule has 4 N–H and O–H groups in total. The summed E-state index contributed by atoms with van der Waals surface area (Å²) in [5.41, 5.74) is 3.42. The van der Waals surface area contributed by atoms with Gasteiger partial charge in [0, 0.05) is 41.9 Å². The predicted octanol–water partition coefficient (Wildman–Crippen LogP) is 4.93. The first-order valence-electron chi connectivity index (χ1n) is 16.1. The Hall–Kier alpha value is -5.33. The number of H-pyrrole nitrogens is 1. The molecule has 13 nitrogen and oxygen atoms in total. The number of tetrazole rings is 1. The Kier molecular flexibility index (Phi) is 11.0. The van der Waals surface area contributed by atoms with Crippen molar-refractivity contribution >= 4 is 23.6 Å². The van der Waals surface area contributed by atoms with Gasteiger partial charge in [0.2, 0.25) is 23.5 Å². The monoisotopic (exact) mass is 654 g/mol. The maximum atomic E-state index is 13.7. The lowest BCUT2D eigenvalue weighted by Crippen LogP contribution is -2.48. The van der Waals surface area contributed by atoms with Crippen LogP contribution in [-0.2, 0) is 20.7 Å². The largest absolute Gasteiger partial charge is 0.481 e. The highest BCUT2D eigenvalue weighted by molar-refractivity contribution is 5.97. The Labute approximate surface area is 279 Å². The van der Waals surface area contributed by atoms with Gasteiger partial charge in [-0.2, -0.15) is 5.21 Å². The summed E-state index contributed by atoms with van der Waals surface area (Å²) in [4.78, 5) is 43.6. The number of aromatic amines is 1. The van der Waals surface area contributed by atoms with Crippen LogP contribution < -0.4 is 20.7 Å². The number of anilines is 1. The SMILES string of the molecule is COc1ncccc1-c1ccc(C[C@H](NC(=O)C2CCC(CNC(=O)OC(C)(C)C)CC2)C(=O)Nc2ccc(-c3nn[nH]n3)cc2)cc1. The number of pyridine rings is 1. The molecule has 48 heavy (non-hydrogen) atoms. The second-order valence-electron chi connectivity index (χ2n) is 12.9. The molecule has 0 bridgehead atoms. The molecule has 0 aliphatic heterocycles. The van der Waals surface area contributed by atoms with Crippen LogP contribution in [0.5, 0.6) is 5.88 Å². The highest BCUT2D eigenvalue weighted by atomic mass is 16.6. The van der Waals surface area contributed by atoms with Crippen molar-refractivity contribution in [2.24, 2.45) is 11.8 Å². The first kappa shape index (κ1) is 34.0. The summed E-state index contributed by atoms with van der Waals surface area (Å²) in [6.45, 7) is 5.98. The molecule has 0 spiro atoms. The maximum absolute atomic E-state index is 13.7. The number of benzene rings is 2. The lowest BCUT2D eigenvalue weighted by atomic mass is 9.81. The lowest BCUT2D eigenvalue weighted by molar-refractivity contribution is -0.130. The summed E-state index contributed by atoms with van der Waals surface area (Å²) in [5, 5.41) is 22.8. The zero-order valence-electron chi connectivity index (χ0n) is 27.7. The van der Waals surface area contributed by atoms with Crippen molar-refractivity contribution < 1.29 is 23.9 Å². The van der Waals surface area contributed by atoms with Crippen LogP contribution in [-0.4, -0.2) is 68.8 Å². The van der Waals surface area contributed by atoms with E-state index >= 15 is 0 Å². The standard InChI is InChI=1S/C35H42N8O5/c1-35(2,3)48-34(46)37-21-23-9-13-26(14-10-23)31(44)39-29(32(45)38-27-17-15-25(16-18-27)30-40-42-43-41-30)20-22-7-11-24(12-8-22)28-6-5-19-36-33(28)47-4/h5-8,11-12,15-19,23,26,29H,9-10,13-14,20-21H2,1-4H3,(H,37,46)(H,38,45)(H,39,44)(H,40,41,42,43)/t23?,26?,29-/m0/s1. The van der Waals surface area contributed by atoms with Crippen LogP contribution in [0.25, 0.3) is 22.5 Å². The number of nitrogens with one attached hydrogen (secondary N) is 4. The highest BCUT2D eigenvalue weighted by Crippen LogP contribution is 2.30. The topological polar surface area (TPSA) is 173 Å². The molecular formula is C35H42N8O5. The van der Waals surface area contributed by atoms with Gasteiger partial charge in [-0.3, -0.25) is 9.59 Å². The molecule has 4 aromatic rings. The average molecular weight is 655 g/mol. The molecule has 1 fully saturated rings. The number of hydrogen-bond donors (Lipinski definition) is 4. The van der Waals surface area contributed by atoms with E-state index in [0.717, 1.165) is 35.1 Å². The van der Waals surface area contributed by atoms with Crippen LogP contribution in [0.15, 0.2) is 66.9 Å². The quantitative estimate of drug-likeness (QED) is 0.175. The molecule has 2 aromatic heterocycles. The Bertz CT molecular complexity index is 1660. The molecule has 1 atom stereocenters. The minimum Gasteiger partial charge on any atom is -0.481 e. The van der Waals surface area contributed by atoms with Crippen molar-refractivity contribution in [3.8, 4) is 28.4 Å². The molecule has 1 aliphatic rings. The molecule has 252 valence electrons. The summed E-state index contributed by atoms with van der Waals surface area (Å²) in [7, 11) is 1.58. The van der Waals surface area contributed by atoms with Gasteiger partial charge in [-0.15, -0.1) is 10.2 Å². The third-order valence-corrected chi connectivity index (χ3v) is 8.21. The van der Waals surface area contributed by atoms with Crippen molar-refractivity contribution in [3.63, 3.8) is 0 Å². The number of amides is 3. The van der Waals surface area contributed by atoms with Crippen LogP contribution >= 0.6 is 0 Å². The predicted molar refractivity (Wildman–Crippen MR) is 180 cm³/mol. The van der Waals surface area contributed by atoms with E-state index in [4.69, 9.17) is 9.47 Å². The smallest absolute Gasteiger partial charge is 0.407 e. The molecule has 2 aromatic carbocycles. The summed E-state index contributed by atoms with van der Waals surface area (Å²) in [5.74, 6) is 0.513. The highest BCUT2D eigenvalue weighted by Gasteiger charge is 2.30. The van der Waals surface area contributed by atoms with Gasteiger partial charge in [0.15, 0.2) is 0 Å². The normalized spacial score (nSPS) is 16.8. The molecule has 1 aliphatic carbocycles. The van der Waals surface area contributed by atoms with E-state index in [1.54, 1.807) is 37.6 Å². The third kappa shape index (κ3) is 9.36. The van der Waals surface area contributed by atoms with E-state index < -0.39 is 17.7 Å². The number of nitrogens with zero attached hydrogens (tertiary/aromatic N) is 4. The van der Waals surface area contributed by atoms with Crippen molar-refractivity contribution in [1.29, 1.82) is 0 Å². The first-order valence-corrected chi connectivity index (χ1v) is 16.1. The number of alkyl carbamates (subject to hydrolysis) is 1. The zero-order chi connectivity index (χ0) is 34.1. The van der Waals surface area contributed by atoms with Crippen LogP contribution in [0.4, 0.5) is 10.5 Å². The van der Waals surface area contributed by atoms with E-state index in [0.29, 0.717) is 36.8 Å². The Morgan fingerprint density at radius 2 is 1.67 bits per heavy atom. The molecule has 5 rings (SSSR count). The molecule has 1 saturated carbocycles. The summed E-state index contributed by atoms with van der Waals surface area (Å²) in [6, 6.07) is 17.8. The zero-order valence-corrected chi connectivity index (χ0v) is 27.7. The average Bonchev–Trinajstić information content (AvgIpc) is 3.62. The van der Waals surface area contributed by atoms with Gasteiger partial charge < -0.3 is 25.4 Å². The van der Waals surface area contributed by atoms with Gasteiger partial charge in [-0.05, 0) is 105 Å². The number of hydrogen-bond acceptors (Lipinski definition) is 9. The first-order chi connectivity index (χ1) is 23.1. The second kappa shape index (κ2) is 15.5. The van der Waals surface area contributed by atoms with E-state index in [9.17, 15) is 14.4 Å². The van der Waals surface area contributed by atoms with Gasteiger partial charge in [0.25, 0.3) is 0 Å². The summed E-state index contributed by atoms with van der Waals surface area (Å²) < 4.78 is 10.8. The number of ether oxygens (including phenoxy) is 2. The van der Waals surface area contributed by atoms with Crippen LogP contribution in [0.2, 0.25) is 0 Å². The van der Waals surface area contributed by atoms with Crippen molar-refractivity contribution in [2.45, 2.75) is 64.5 Å². The Balaban J connectivity index is 1.24. The van der Waals surface area contributed by atoms with Gasteiger partial charge in [0.05, 0.1) is 7.11 Å². The number of methoxy groups -OCH3 is 1. The van der Waals surface area contributed by atoms with E-state index in [-0.39, 0.29) is 30.1 Å². The minimum absolute atomic E-state index is 0.155. The molecule has 2 heterocycles. The lowest BCUT2D eigenvalue weighted by Gasteiger charge is -2.29. The number of rotatable bonds is 11. The molecule has 0 radical (unpaired) electrons. The molecule has 13 heteroatoms. The van der Waals surface area contributed by atoms with Gasteiger partial charge in [-0.1, -0.05) is 24.3 Å². The van der Waals surface area contributed by atoms with E-state index in [1.165, 1.54) is 0 Å². The fourth-order valence-electron chi connectivity index (χ4n) is 5.71. The fraction of sp³-hybridized carbons (Fsp3) is 0.400. The fourth-order valence-corrected chi connectivity index (χ4v) is 5.71. The van der Waals surface area contributed by atoms with Crippen LogP contribution in [0.3, 0.4) is 0 Å². The van der Waals surface area contributed by atoms with E-state index in [1.807, 2.05) is 57.2 Å². The van der Waals surface area contributed by atoms with Crippen molar-refractivity contribution in [3.05, 3.63) is 72.4 Å². The molecule has 3 amide bonds. The summed E-state index contributed by atoms with van der Waals surface area (Å²) >= 11 is 0. The number of aromatic nitrogens is 5. The summed E-state index contributed by atoms with van der Waals surface area (Å²) in [6.07, 6.45) is 4.44.